The summed E-state index contributed by atoms with van der Waals surface area (Å²) in [6.45, 7) is 3.90. The number of carbonyl (C=O) groups is 1. The van der Waals surface area contributed by atoms with Gasteiger partial charge in [-0.3, -0.25) is 9.78 Å². The minimum absolute atomic E-state index is 0.142. The second kappa shape index (κ2) is 10.5. The Morgan fingerprint density at radius 1 is 1.12 bits per heavy atom. The topological polar surface area (TPSA) is 97.5 Å². The number of aromatic nitrogens is 3. The van der Waals surface area contributed by atoms with Crippen LogP contribution < -0.4 is 10.6 Å². The summed E-state index contributed by atoms with van der Waals surface area (Å²) < 4.78 is 5.45. The van der Waals surface area contributed by atoms with Crippen molar-refractivity contribution in [2.75, 3.05) is 57.6 Å². The van der Waals surface area contributed by atoms with Gasteiger partial charge in [0, 0.05) is 55.3 Å². The number of nitrogens with zero attached hydrogens (tertiary/aromatic N) is 5. The summed E-state index contributed by atoms with van der Waals surface area (Å²) in [6.07, 6.45) is 6.23. The fourth-order valence-electron chi connectivity index (χ4n) is 3.86. The maximum atomic E-state index is 13.2. The number of rotatable bonds is 8. The van der Waals surface area contributed by atoms with E-state index in [0.717, 1.165) is 42.9 Å². The van der Waals surface area contributed by atoms with Crippen LogP contribution in [0.2, 0.25) is 0 Å². The van der Waals surface area contributed by atoms with Gasteiger partial charge in [-0.2, -0.15) is 0 Å². The normalized spacial score (nSPS) is 14.0. The number of anilines is 2. The number of ether oxygens (including phenoxy) is 1. The molecule has 0 amide bonds. The summed E-state index contributed by atoms with van der Waals surface area (Å²) in [5.74, 6) is -0.0323. The van der Waals surface area contributed by atoms with E-state index in [4.69, 9.17) is 10.5 Å². The molecule has 0 atom stereocenters. The minimum atomic E-state index is -0.174. The number of hydrogen-bond acceptors (Lipinski definition) is 8. The van der Waals surface area contributed by atoms with Gasteiger partial charge < -0.3 is 20.3 Å². The van der Waals surface area contributed by atoms with Crippen molar-refractivity contribution in [2.45, 2.75) is 12.8 Å². The number of morpholine rings is 1. The molecule has 1 aromatic carbocycles. The van der Waals surface area contributed by atoms with E-state index in [-0.39, 0.29) is 23.7 Å². The van der Waals surface area contributed by atoms with Gasteiger partial charge >= 0.3 is 0 Å². The first-order chi connectivity index (χ1) is 16.0. The van der Waals surface area contributed by atoms with E-state index in [1.807, 2.05) is 18.2 Å². The number of likely N-dealkylation sites (N-methyl/N-ethyl adjacent to an activating group) is 1. The number of Topliss-reactive ketones (excluding diaryl/α,β-unsaturated/α-hetero) is 1. The van der Waals surface area contributed by atoms with Gasteiger partial charge in [-0.05, 0) is 32.1 Å². The van der Waals surface area contributed by atoms with E-state index in [1.165, 1.54) is 5.56 Å². The molecule has 0 bridgehead atoms. The largest absolute Gasteiger partial charge is 0.382 e. The molecule has 0 aliphatic carbocycles. The molecule has 1 aliphatic rings. The smallest absolute Gasteiger partial charge is 0.189 e. The molecule has 3 aromatic rings. The highest BCUT2D eigenvalue weighted by Gasteiger charge is 2.20. The molecule has 4 rings (SSSR count). The lowest BCUT2D eigenvalue weighted by atomic mass is 10.0. The maximum Gasteiger partial charge on any atom is 0.189 e. The second-order valence-corrected chi connectivity index (χ2v) is 8.44. The predicted molar refractivity (Wildman–Crippen MR) is 129 cm³/mol. The minimum Gasteiger partial charge on any atom is -0.382 e. The molecule has 1 saturated heterocycles. The van der Waals surface area contributed by atoms with E-state index >= 15 is 0 Å². The van der Waals surface area contributed by atoms with Crippen molar-refractivity contribution < 1.29 is 9.53 Å². The van der Waals surface area contributed by atoms with Crippen molar-refractivity contribution in [2.24, 2.45) is 0 Å². The number of nitrogen functional groups attached to an aromatic ring is 1. The van der Waals surface area contributed by atoms with Crippen LogP contribution in [0.15, 0.2) is 48.9 Å². The zero-order valence-corrected chi connectivity index (χ0v) is 19.2. The summed E-state index contributed by atoms with van der Waals surface area (Å²) in [5, 5.41) is 0. The molecule has 3 heterocycles. The molecule has 2 aromatic heterocycles. The van der Waals surface area contributed by atoms with E-state index in [1.54, 1.807) is 18.6 Å². The van der Waals surface area contributed by atoms with Gasteiger partial charge in [-0.25, -0.2) is 9.97 Å². The van der Waals surface area contributed by atoms with Crippen molar-refractivity contribution in [3.8, 4) is 11.3 Å². The van der Waals surface area contributed by atoms with Crippen molar-refractivity contribution in [3.05, 3.63) is 65.7 Å². The lowest BCUT2D eigenvalue weighted by molar-refractivity contribution is 0.0988. The van der Waals surface area contributed by atoms with E-state index < -0.39 is 0 Å². The van der Waals surface area contributed by atoms with E-state index in [9.17, 15) is 4.79 Å². The molecular formula is C25H30N6O2. The fourth-order valence-corrected chi connectivity index (χ4v) is 3.86. The van der Waals surface area contributed by atoms with Gasteiger partial charge in [-0.1, -0.05) is 24.3 Å². The van der Waals surface area contributed by atoms with Gasteiger partial charge in [0.1, 0.15) is 5.69 Å². The number of nitrogens with two attached hydrogens (primary N) is 1. The van der Waals surface area contributed by atoms with Crippen molar-refractivity contribution in [1.82, 2.24) is 19.9 Å². The van der Waals surface area contributed by atoms with Crippen LogP contribution in [0.3, 0.4) is 0 Å². The highest BCUT2D eigenvalue weighted by Crippen LogP contribution is 2.24. The number of benzene rings is 1. The van der Waals surface area contributed by atoms with Crippen LogP contribution in [-0.2, 0) is 17.6 Å². The highest BCUT2D eigenvalue weighted by atomic mass is 16.5. The van der Waals surface area contributed by atoms with Gasteiger partial charge in [-0.15, -0.1) is 0 Å². The number of carbonyl (C=O) groups excluding carboxylic acids is 1. The van der Waals surface area contributed by atoms with Crippen molar-refractivity contribution in [3.63, 3.8) is 0 Å². The standard InChI is InChI=1S/C25H30N6O2/c1-30(2)10-8-18-3-5-19(6-4-18)21-17-28-25(26)24(29-21)23(32)15-20-16-27-9-7-22(20)31-11-13-33-14-12-31/h3-7,9,16-17H,8,10-15H2,1-2H3,(H2,26,28). The van der Waals surface area contributed by atoms with Crippen LogP contribution in [0.5, 0.6) is 0 Å². The molecule has 1 aliphatic heterocycles. The first kappa shape index (κ1) is 22.8. The Bertz CT molecular complexity index is 1090. The van der Waals surface area contributed by atoms with E-state index in [0.29, 0.717) is 18.9 Å². The number of ketones is 1. The Balaban J connectivity index is 1.53. The molecule has 8 heteroatoms. The monoisotopic (exact) mass is 446 g/mol. The molecule has 8 nitrogen and oxygen atoms in total. The molecule has 172 valence electrons. The first-order valence-corrected chi connectivity index (χ1v) is 11.2. The Kier molecular flexibility index (Phi) is 7.26. The maximum absolute atomic E-state index is 13.2. The lowest BCUT2D eigenvalue weighted by Gasteiger charge is -2.30. The molecule has 0 unspecified atom stereocenters. The Morgan fingerprint density at radius 3 is 2.61 bits per heavy atom. The van der Waals surface area contributed by atoms with Crippen molar-refractivity contribution >= 4 is 17.3 Å². The summed E-state index contributed by atoms with van der Waals surface area (Å²) in [5.41, 5.74) is 10.9. The molecule has 2 N–H and O–H groups in total. The second-order valence-electron chi connectivity index (χ2n) is 8.44. The average Bonchev–Trinajstić information content (AvgIpc) is 2.84. The molecule has 0 saturated carbocycles. The zero-order chi connectivity index (χ0) is 23.2. The number of pyridine rings is 1. The fraction of sp³-hybridized carbons (Fsp3) is 0.360. The van der Waals surface area contributed by atoms with Gasteiger partial charge in [0.2, 0.25) is 0 Å². The molecule has 1 fully saturated rings. The summed E-state index contributed by atoms with van der Waals surface area (Å²) in [6, 6.07) is 10.1. The van der Waals surface area contributed by atoms with Crippen LogP contribution in [0.25, 0.3) is 11.3 Å². The number of hydrogen-bond donors (Lipinski definition) is 1. The first-order valence-electron chi connectivity index (χ1n) is 11.2. The third-order valence-corrected chi connectivity index (χ3v) is 5.74. The SMILES string of the molecule is CN(C)CCc1ccc(-c2cnc(N)c(C(=O)Cc3cnccc3N3CCOCC3)n2)cc1. The molecule has 0 radical (unpaired) electrons. The van der Waals surface area contributed by atoms with Crippen LogP contribution in [0.1, 0.15) is 21.6 Å². The van der Waals surface area contributed by atoms with Gasteiger partial charge in [0.15, 0.2) is 11.6 Å². The lowest BCUT2D eigenvalue weighted by Crippen LogP contribution is -2.37. The zero-order valence-electron chi connectivity index (χ0n) is 19.2. The molecule has 33 heavy (non-hydrogen) atoms. The summed E-state index contributed by atoms with van der Waals surface area (Å²) in [7, 11) is 4.12. The van der Waals surface area contributed by atoms with Crippen LogP contribution in [0.4, 0.5) is 11.5 Å². The predicted octanol–water partition coefficient (Wildman–Crippen LogP) is 2.49. The van der Waals surface area contributed by atoms with Crippen molar-refractivity contribution in [1.29, 1.82) is 0 Å². The average molecular weight is 447 g/mol. The third kappa shape index (κ3) is 5.71. The van der Waals surface area contributed by atoms with E-state index in [2.05, 4.69) is 51.0 Å². The third-order valence-electron chi connectivity index (χ3n) is 5.74. The molecule has 0 spiro atoms. The van der Waals surface area contributed by atoms with Crippen LogP contribution in [0, 0.1) is 0 Å². The molecular weight excluding hydrogens is 416 g/mol. The Hall–Kier alpha value is -3.36. The van der Waals surface area contributed by atoms with Gasteiger partial charge in [0.25, 0.3) is 0 Å². The van der Waals surface area contributed by atoms with Gasteiger partial charge in [0.05, 0.1) is 25.1 Å². The van der Waals surface area contributed by atoms with Crippen LogP contribution >= 0.6 is 0 Å². The van der Waals surface area contributed by atoms with Crippen LogP contribution in [-0.4, -0.2) is 72.6 Å². The Labute approximate surface area is 194 Å². The quantitative estimate of drug-likeness (QED) is 0.527. The highest BCUT2D eigenvalue weighted by molar-refractivity contribution is 6.00. The summed E-state index contributed by atoms with van der Waals surface area (Å²) in [4.78, 5) is 30.6. The Morgan fingerprint density at radius 2 is 1.88 bits per heavy atom. The summed E-state index contributed by atoms with van der Waals surface area (Å²) >= 11 is 0.